The van der Waals surface area contributed by atoms with Gasteiger partial charge in [-0.05, 0) is 50.0 Å². The van der Waals surface area contributed by atoms with Crippen LogP contribution in [0.5, 0.6) is 0 Å². The number of hydrogen-bond acceptors (Lipinski definition) is 1. The minimum Gasteiger partial charge on any atom is -0.388 e. The first kappa shape index (κ1) is 15.1. The molecule has 21 heavy (non-hydrogen) atoms. The molecule has 0 aliphatic heterocycles. The van der Waals surface area contributed by atoms with Crippen molar-refractivity contribution in [2.45, 2.75) is 84.8 Å². The number of rotatable bonds is 2. The van der Waals surface area contributed by atoms with E-state index in [1.807, 2.05) is 0 Å². The van der Waals surface area contributed by atoms with Crippen LogP contribution in [0, 0.1) is 18.3 Å². The Morgan fingerprint density at radius 1 is 1.33 bits per heavy atom. The molecule has 1 aromatic heterocycles. The van der Waals surface area contributed by atoms with Crippen molar-refractivity contribution in [1.82, 2.24) is 4.57 Å². The SMILES string of the molecule is CCC1CCCC(n2c(C)cc3c2CC(C)(C)CC3O)C1. The maximum absolute atomic E-state index is 10.5. The number of aryl methyl sites for hydroxylation is 1. The lowest BCUT2D eigenvalue weighted by atomic mass is 9.75. The van der Waals surface area contributed by atoms with Crippen molar-refractivity contribution in [2.75, 3.05) is 0 Å². The van der Waals surface area contributed by atoms with Crippen LogP contribution in [0.1, 0.15) is 88.4 Å². The highest BCUT2D eigenvalue weighted by molar-refractivity contribution is 5.34. The lowest BCUT2D eigenvalue weighted by Gasteiger charge is -2.37. The van der Waals surface area contributed by atoms with Gasteiger partial charge in [0.1, 0.15) is 0 Å². The quantitative estimate of drug-likeness (QED) is 0.819. The minimum atomic E-state index is -0.269. The first-order chi connectivity index (χ1) is 9.91. The molecule has 0 spiro atoms. The summed E-state index contributed by atoms with van der Waals surface area (Å²) < 4.78 is 2.60. The van der Waals surface area contributed by atoms with E-state index in [1.54, 1.807) is 0 Å². The molecule has 2 aliphatic carbocycles. The molecule has 1 heterocycles. The zero-order chi connectivity index (χ0) is 15.2. The highest BCUT2D eigenvalue weighted by Gasteiger charge is 2.36. The highest BCUT2D eigenvalue weighted by atomic mass is 16.3. The van der Waals surface area contributed by atoms with Crippen LogP contribution in [0.4, 0.5) is 0 Å². The average Bonchev–Trinajstić information content (AvgIpc) is 2.74. The van der Waals surface area contributed by atoms with Crippen molar-refractivity contribution in [1.29, 1.82) is 0 Å². The molecule has 2 heteroatoms. The fourth-order valence-electron chi connectivity index (χ4n) is 4.74. The molecule has 0 aromatic carbocycles. The van der Waals surface area contributed by atoms with Gasteiger partial charge in [-0.2, -0.15) is 0 Å². The topological polar surface area (TPSA) is 25.2 Å². The lowest BCUT2D eigenvalue weighted by molar-refractivity contribution is 0.0965. The van der Waals surface area contributed by atoms with E-state index in [1.165, 1.54) is 49.1 Å². The summed E-state index contributed by atoms with van der Waals surface area (Å²) in [4.78, 5) is 0. The van der Waals surface area contributed by atoms with E-state index in [4.69, 9.17) is 0 Å². The fraction of sp³-hybridized carbons (Fsp3) is 0.789. The number of aliphatic hydroxyl groups excluding tert-OH is 1. The number of aromatic nitrogens is 1. The van der Waals surface area contributed by atoms with Crippen LogP contribution in [0.25, 0.3) is 0 Å². The van der Waals surface area contributed by atoms with E-state index in [2.05, 4.69) is 38.3 Å². The average molecular weight is 289 g/mol. The molecule has 3 rings (SSSR count). The van der Waals surface area contributed by atoms with Crippen molar-refractivity contribution in [3.05, 3.63) is 23.0 Å². The number of nitrogens with zero attached hydrogens (tertiary/aromatic N) is 1. The molecular weight excluding hydrogens is 258 g/mol. The Balaban J connectivity index is 1.96. The largest absolute Gasteiger partial charge is 0.388 e. The molecule has 1 N–H and O–H groups in total. The summed E-state index contributed by atoms with van der Waals surface area (Å²) in [5.41, 5.74) is 4.22. The van der Waals surface area contributed by atoms with E-state index in [0.29, 0.717) is 6.04 Å². The first-order valence-electron chi connectivity index (χ1n) is 8.80. The van der Waals surface area contributed by atoms with Crippen LogP contribution < -0.4 is 0 Å². The molecule has 3 unspecified atom stereocenters. The van der Waals surface area contributed by atoms with Crippen LogP contribution in [-0.2, 0) is 6.42 Å². The Bertz CT molecular complexity index is 514. The second kappa shape index (κ2) is 5.46. The lowest BCUT2D eigenvalue weighted by Crippen LogP contribution is -2.29. The molecular formula is C19H31NO. The molecule has 0 saturated heterocycles. The summed E-state index contributed by atoms with van der Waals surface area (Å²) >= 11 is 0. The molecule has 0 amide bonds. The fourth-order valence-corrected chi connectivity index (χ4v) is 4.74. The molecule has 1 saturated carbocycles. The van der Waals surface area contributed by atoms with Gasteiger partial charge in [-0.15, -0.1) is 0 Å². The second-order valence-electron chi connectivity index (χ2n) is 8.21. The van der Waals surface area contributed by atoms with Crippen molar-refractivity contribution < 1.29 is 5.11 Å². The first-order valence-corrected chi connectivity index (χ1v) is 8.80. The van der Waals surface area contributed by atoms with Gasteiger partial charge in [-0.3, -0.25) is 0 Å². The maximum atomic E-state index is 10.5. The third-order valence-electron chi connectivity index (χ3n) is 5.82. The summed E-state index contributed by atoms with van der Waals surface area (Å²) in [6.07, 6.45) is 8.46. The Labute approximate surface area is 129 Å². The van der Waals surface area contributed by atoms with Gasteiger partial charge < -0.3 is 9.67 Å². The van der Waals surface area contributed by atoms with Gasteiger partial charge in [0.05, 0.1) is 6.10 Å². The van der Waals surface area contributed by atoms with Crippen LogP contribution in [0.2, 0.25) is 0 Å². The molecule has 3 atom stereocenters. The molecule has 1 aromatic rings. The van der Waals surface area contributed by atoms with Gasteiger partial charge in [0, 0.05) is 23.0 Å². The van der Waals surface area contributed by atoms with E-state index in [9.17, 15) is 5.11 Å². The Hall–Kier alpha value is -0.760. The minimum absolute atomic E-state index is 0.216. The zero-order valence-electron chi connectivity index (χ0n) is 14.2. The van der Waals surface area contributed by atoms with E-state index in [0.717, 1.165) is 18.8 Å². The monoisotopic (exact) mass is 289 g/mol. The van der Waals surface area contributed by atoms with Gasteiger partial charge in [0.2, 0.25) is 0 Å². The third kappa shape index (κ3) is 2.79. The van der Waals surface area contributed by atoms with Crippen molar-refractivity contribution in [2.24, 2.45) is 11.3 Å². The third-order valence-corrected chi connectivity index (χ3v) is 5.82. The molecule has 0 radical (unpaired) electrons. The number of aliphatic hydroxyl groups is 1. The Morgan fingerprint density at radius 3 is 2.81 bits per heavy atom. The predicted octanol–water partition coefficient (Wildman–Crippen LogP) is 4.94. The highest BCUT2D eigenvalue weighted by Crippen LogP contribution is 2.45. The summed E-state index contributed by atoms with van der Waals surface area (Å²) in [5.74, 6) is 0.891. The Kier molecular flexibility index (Phi) is 3.94. The van der Waals surface area contributed by atoms with Crippen LogP contribution >= 0.6 is 0 Å². The zero-order valence-corrected chi connectivity index (χ0v) is 14.2. The number of hydrogen-bond donors (Lipinski definition) is 1. The molecule has 1 fully saturated rings. The summed E-state index contributed by atoms with van der Waals surface area (Å²) in [6.45, 7) is 9.15. The molecule has 118 valence electrons. The van der Waals surface area contributed by atoms with Crippen LogP contribution in [0.15, 0.2) is 6.07 Å². The van der Waals surface area contributed by atoms with E-state index < -0.39 is 0 Å². The Morgan fingerprint density at radius 2 is 2.10 bits per heavy atom. The van der Waals surface area contributed by atoms with Crippen LogP contribution in [0.3, 0.4) is 0 Å². The van der Waals surface area contributed by atoms with E-state index in [-0.39, 0.29) is 11.5 Å². The summed E-state index contributed by atoms with van der Waals surface area (Å²) in [7, 11) is 0. The summed E-state index contributed by atoms with van der Waals surface area (Å²) in [6, 6.07) is 2.92. The van der Waals surface area contributed by atoms with Crippen molar-refractivity contribution >= 4 is 0 Å². The second-order valence-corrected chi connectivity index (χ2v) is 8.21. The van der Waals surface area contributed by atoms with Gasteiger partial charge in [-0.25, -0.2) is 0 Å². The molecule has 2 aliphatic rings. The normalized spacial score (nSPS) is 32.0. The predicted molar refractivity (Wildman–Crippen MR) is 87.5 cm³/mol. The van der Waals surface area contributed by atoms with Crippen molar-refractivity contribution in [3.63, 3.8) is 0 Å². The van der Waals surface area contributed by atoms with Gasteiger partial charge in [0.25, 0.3) is 0 Å². The van der Waals surface area contributed by atoms with E-state index >= 15 is 0 Å². The maximum Gasteiger partial charge on any atom is 0.0812 e. The number of fused-ring (bicyclic) bond motifs is 1. The van der Waals surface area contributed by atoms with Gasteiger partial charge >= 0.3 is 0 Å². The van der Waals surface area contributed by atoms with Gasteiger partial charge in [0.15, 0.2) is 0 Å². The van der Waals surface area contributed by atoms with Crippen LogP contribution in [-0.4, -0.2) is 9.67 Å². The standard InChI is InChI=1S/C19H31NO/c1-5-14-7-6-8-15(10-14)20-13(2)9-16-17(20)11-19(3,4)12-18(16)21/h9,14-15,18,21H,5-8,10-12H2,1-4H3. The molecule has 0 bridgehead atoms. The van der Waals surface area contributed by atoms with Gasteiger partial charge in [-0.1, -0.05) is 40.0 Å². The smallest absolute Gasteiger partial charge is 0.0812 e. The molecule has 2 nitrogen and oxygen atoms in total. The summed E-state index contributed by atoms with van der Waals surface area (Å²) in [5, 5.41) is 10.5. The van der Waals surface area contributed by atoms with Crippen molar-refractivity contribution in [3.8, 4) is 0 Å².